The molecule has 0 saturated carbocycles. The fraction of sp³-hybridized carbons (Fsp3) is 0.222. The largest absolute Gasteiger partial charge is 0.469 e. The molecule has 4 nitrogen and oxygen atoms in total. The van der Waals surface area contributed by atoms with Crippen molar-refractivity contribution < 1.29 is 9.53 Å². The van der Waals surface area contributed by atoms with Crippen molar-refractivity contribution in [3.05, 3.63) is 23.8 Å². The van der Waals surface area contributed by atoms with Crippen molar-refractivity contribution in [3.63, 3.8) is 0 Å². The zero-order valence-electron chi connectivity index (χ0n) is 7.78. The first-order chi connectivity index (χ1) is 6.67. The SMILES string of the molecule is COC(=O)Cc1ccc(S)c(NN)c1. The Balaban J connectivity index is 2.84. The molecule has 0 unspecified atom stereocenters. The molecular weight excluding hydrogens is 200 g/mol. The molecular formula is C9H12N2O2S. The summed E-state index contributed by atoms with van der Waals surface area (Å²) in [6.07, 6.45) is 0.235. The Hall–Kier alpha value is -1.20. The van der Waals surface area contributed by atoms with E-state index in [0.717, 1.165) is 10.5 Å². The number of nitrogens with one attached hydrogen (secondary N) is 1. The lowest BCUT2D eigenvalue weighted by atomic mass is 10.1. The molecule has 0 heterocycles. The first-order valence-electron chi connectivity index (χ1n) is 4.02. The van der Waals surface area contributed by atoms with Crippen LogP contribution in [-0.2, 0) is 16.0 Å². The lowest BCUT2D eigenvalue weighted by Crippen LogP contribution is -2.09. The van der Waals surface area contributed by atoms with Gasteiger partial charge in [-0.1, -0.05) is 6.07 Å². The number of nitrogens with two attached hydrogens (primary N) is 1. The Morgan fingerprint density at radius 3 is 2.93 bits per heavy atom. The number of hydrogen-bond donors (Lipinski definition) is 3. The van der Waals surface area contributed by atoms with Crippen molar-refractivity contribution in [1.82, 2.24) is 0 Å². The molecule has 0 radical (unpaired) electrons. The van der Waals surface area contributed by atoms with E-state index in [1.807, 2.05) is 0 Å². The summed E-state index contributed by atoms with van der Waals surface area (Å²) >= 11 is 4.18. The van der Waals surface area contributed by atoms with Crippen molar-refractivity contribution in [2.24, 2.45) is 5.84 Å². The topological polar surface area (TPSA) is 64.3 Å². The molecule has 0 fully saturated rings. The lowest BCUT2D eigenvalue weighted by Gasteiger charge is -2.06. The minimum atomic E-state index is -0.278. The van der Waals surface area contributed by atoms with Gasteiger partial charge in [0.1, 0.15) is 0 Å². The maximum absolute atomic E-state index is 11.0. The number of anilines is 1. The van der Waals surface area contributed by atoms with E-state index >= 15 is 0 Å². The average Bonchev–Trinajstić information content (AvgIpc) is 2.20. The standard InChI is InChI=1S/C9H12N2O2S/c1-13-9(12)5-6-2-3-8(14)7(4-6)11-10/h2-4,11,14H,5,10H2,1H3. The Morgan fingerprint density at radius 2 is 2.36 bits per heavy atom. The number of hydrazine groups is 1. The van der Waals surface area contributed by atoms with Crippen LogP contribution >= 0.6 is 12.6 Å². The molecule has 14 heavy (non-hydrogen) atoms. The van der Waals surface area contributed by atoms with Crippen LogP contribution in [-0.4, -0.2) is 13.1 Å². The summed E-state index contributed by atoms with van der Waals surface area (Å²) in [5.74, 6) is 4.99. The predicted molar refractivity (Wildman–Crippen MR) is 57.2 cm³/mol. The third-order valence-electron chi connectivity index (χ3n) is 1.79. The lowest BCUT2D eigenvalue weighted by molar-refractivity contribution is -0.139. The zero-order chi connectivity index (χ0) is 10.6. The van der Waals surface area contributed by atoms with Gasteiger partial charge in [-0.2, -0.15) is 0 Å². The van der Waals surface area contributed by atoms with Gasteiger partial charge in [-0.25, -0.2) is 0 Å². The molecule has 0 atom stereocenters. The van der Waals surface area contributed by atoms with Gasteiger partial charge in [0.2, 0.25) is 0 Å². The molecule has 1 rings (SSSR count). The van der Waals surface area contributed by atoms with Crippen molar-refractivity contribution >= 4 is 24.3 Å². The highest BCUT2D eigenvalue weighted by Gasteiger charge is 2.04. The number of rotatable bonds is 3. The van der Waals surface area contributed by atoms with Crippen LogP contribution in [0.15, 0.2) is 23.1 Å². The number of hydrogen-bond acceptors (Lipinski definition) is 5. The van der Waals surface area contributed by atoms with E-state index in [1.165, 1.54) is 7.11 Å². The van der Waals surface area contributed by atoms with E-state index in [2.05, 4.69) is 22.8 Å². The summed E-state index contributed by atoms with van der Waals surface area (Å²) in [5, 5.41) is 0. The van der Waals surface area contributed by atoms with Gasteiger partial charge in [0.05, 0.1) is 19.2 Å². The highest BCUT2D eigenvalue weighted by atomic mass is 32.1. The van der Waals surface area contributed by atoms with Crippen molar-refractivity contribution in [3.8, 4) is 0 Å². The van der Waals surface area contributed by atoms with Gasteiger partial charge >= 0.3 is 5.97 Å². The fourth-order valence-electron chi connectivity index (χ4n) is 1.05. The summed E-state index contributed by atoms with van der Waals surface area (Å²) in [6.45, 7) is 0. The number of nitrogen functional groups attached to an aromatic ring is 1. The quantitative estimate of drug-likeness (QED) is 0.302. The van der Waals surface area contributed by atoms with Crippen molar-refractivity contribution in [2.75, 3.05) is 12.5 Å². The summed E-state index contributed by atoms with van der Waals surface area (Å²) in [7, 11) is 1.36. The molecule has 3 N–H and O–H groups in total. The molecule has 76 valence electrons. The molecule has 0 saturated heterocycles. The maximum Gasteiger partial charge on any atom is 0.309 e. The van der Waals surface area contributed by atoms with Crippen LogP contribution in [0.25, 0.3) is 0 Å². The predicted octanol–water partition coefficient (Wildman–Crippen LogP) is 0.976. The number of thiol groups is 1. The number of carbonyl (C=O) groups is 1. The number of ether oxygens (including phenoxy) is 1. The molecule has 0 aliphatic heterocycles. The van der Waals surface area contributed by atoms with Crippen LogP contribution < -0.4 is 11.3 Å². The van der Waals surface area contributed by atoms with Crippen LogP contribution in [0.4, 0.5) is 5.69 Å². The van der Waals surface area contributed by atoms with E-state index in [0.29, 0.717) is 5.69 Å². The summed E-state index contributed by atoms with van der Waals surface area (Å²) in [6, 6.07) is 5.34. The molecule has 1 aromatic rings. The van der Waals surface area contributed by atoms with Gasteiger partial charge in [-0.3, -0.25) is 10.6 Å². The van der Waals surface area contributed by atoms with E-state index in [-0.39, 0.29) is 12.4 Å². The molecule has 0 aliphatic rings. The van der Waals surface area contributed by atoms with Gasteiger partial charge in [0, 0.05) is 4.90 Å². The smallest absolute Gasteiger partial charge is 0.309 e. The molecule has 0 bridgehead atoms. The van der Waals surface area contributed by atoms with Gasteiger partial charge in [-0.15, -0.1) is 12.6 Å². The Labute approximate surface area is 87.8 Å². The second kappa shape index (κ2) is 4.88. The Morgan fingerprint density at radius 1 is 1.64 bits per heavy atom. The normalized spacial score (nSPS) is 9.64. The van der Waals surface area contributed by atoms with Crippen LogP contribution in [0.3, 0.4) is 0 Å². The van der Waals surface area contributed by atoms with E-state index in [9.17, 15) is 4.79 Å². The highest BCUT2D eigenvalue weighted by molar-refractivity contribution is 7.80. The first kappa shape index (κ1) is 10.9. The summed E-state index contributed by atoms with van der Waals surface area (Å²) in [5.41, 5.74) is 4.02. The first-order valence-corrected chi connectivity index (χ1v) is 4.47. The molecule has 0 amide bonds. The Bertz CT molecular complexity index is 342. The minimum absolute atomic E-state index is 0.235. The molecule has 1 aromatic carbocycles. The minimum Gasteiger partial charge on any atom is -0.469 e. The van der Waals surface area contributed by atoms with Crippen molar-refractivity contribution in [2.45, 2.75) is 11.3 Å². The number of benzene rings is 1. The summed E-state index contributed by atoms with van der Waals surface area (Å²) in [4.78, 5) is 11.7. The van der Waals surface area contributed by atoms with Crippen molar-refractivity contribution in [1.29, 1.82) is 0 Å². The number of methoxy groups -OCH3 is 1. The molecule has 5 heteroatoms. The van der Waals surface area contributed by atoms with E-state index in [1.54, 1.807) is 18.2 Å². The van der Waals surface area contributed by atoms with Gasteiger partial charge in [0.25, 0.3) is 0 Å². The average molecular weight is 212 g/mol. The third-order valence-corrected chi connectivity index (χ3v) is 2.18. The fourth-order valence-corrected chi connectivity index (χ4v) is 1.25. The van der Waals surface area contributed by atoms with E-state index in [4.69, 9.17) is 5.84 Å². The van der Waals surface area contributed by atoms with E-state index < -0.39 is 0 Å². The Kier molecular flexibility index (Phi) is 3.79. The molecule has 0 aliphatic carbocycles. The zero-order valence-corrected chi connectivity index (χ0v) is 8.67. The summed E-state index contributed by atoms with van der Waals surface area (Å²) < 4.78 is 4.55. The van der Waals surface area contributed by atoms with Crippen LogP contribution in [0, 0.1) is 0 Å². The van der Waals surface area contributed by atoms with Gasteiger partial charge in [0.15, 0.2) is 0 Å². The van der Waals surface area contributed by atoms with Gasteiger partial charge < -0.3 is 10.2 Å². The molecule has 0 spiro atoms. The third kappa shape index (κ3) is 2.65. The number of carbonyl (C=O) groups excluding carboxylic acids is 1. The highest BCUT2D eigenvalue weighted by Crippen LogP contribution is 2.20. The maximum atomic E-state index is 11.0. The molecule has 0 aromatic heterocycles. The number of esters is 1. The second-order valence-electron chi connectivity index (χ2n) is 2.75. The van der Waals surface area contributed by atoms with Crippen LogP contribution in [0.1, 0.15) is 5.56 Å². The second-order valence-corrected chi connectivity index (χ2v) is 3.23. The van der Waals surface area contributed by atoms with Crippen LogP contribution in [0.2, 0.25) is 0 Å². The van der Waals surface area contributed by atoms with Gasteiger partial charge in [-0.05, 0) is 17.7 Å². The van der Waals surface area contributed by atoms with Crippen LogP contribution in [0.5, 0.6) is 0 Å². The monoisotopic (exact) mass is 212 g/mol.